The Kier molecular flexibility index (Phi) is 7.30. The normalized spacial score (nSPS) is 20.7. The minimum Gasteiger partial charge on any atom is -0.493 e. The number of amides is 1. The first kappa shape index (κ1) is 23.3. The predicted molar refractivity (Wildman–Crippen MR) is 123 cm³/mol. The topological polar surface area (TPSA) is 94.1 Å². The molecule has 0 saturated carbocycles. The summed E-state index contributed by atoms with van der Waals surface area (Å²) in [5.74, 6) is 0.140. The Morgan fingerprint density at radius 3 is 2.55 bits per heavy atom. The molecule has 2 heterocycles. The SMILES string of the molecule is CC(NC(=O)C1(c2cccc(OC[C@H]3CCOC3)c2)CCOCC1)c1ccc(C(=O)O)cc1. The largest absolute Gasteiger partial charge is 0.493 e. The van der Waals surface area contributed by atoms with Crippen molar-refractivity contribution in [2.75, 3.05) is 33.0 Å². The van der Waals surface area contributed by atoms with Gasteiger partial charge in [-0.05, 0) is 61.6 Å². The molecule has 2 aromatic rings. The third kappa shape index (κ3) is 5.37. The molecule has 0 bridgehead atoms. The predicted octanol–water partition coefficient (Wildman–Crippen LogP) is 3.73. The molecule has 2 aliphatic rings. The van der Waals surface area contributed by atoms with E-state index < -0.39 is 11.4 Å². The number of hydrogen-bond donors (Lipinski definition) is 2. The van der Waals surface area contributed by atoms with Crippen molar-refractivity contribution in [3.63, 3.8) is 0 Å². The Hall–Kier alpha value is -2.90. The second kappa shape index (κ2) is 10.4. The van der Waals surface area contributed by atoms with Crippen LogP contribution in [0.15, 0.2) is 48.5 Å². The fourth-order valence-corrected chi connectivity index (χ4v) is 4.51. The van der Waals surface area contributed by atoms with Gasteiger partial charge in [-0.25, -0.2) is 4.79 Å². The van der Waals surface area contributed by atoms with E-state index in [0.29, 0.717) is 38.6 Å². The van der Waals surface area contributed by atoms with Crippen LogP contribution in [0.25, 0.3) is 0 Å². The maximum absolute atomic E-state index is 13.6. The molecule has 2 saturated heterocycles. The van der Waals surface area contributed by atoms with Gasteiger partial charge in [-0.1, -0.05) is 24.3 Å². The van der Waals surface area contributed by atoms with Crippen LogP contribution in [-0.4, -0.2) is 50.0 Å². The molecule has 2 aliphatic heterocycles. The molecule has 2 fully saturated rings. The molecule has 1 amide bonds. The highest BCUT2D eigenvalue weighted by Crippen LogP contribution is 2.37. The Labute approximate surface area is 194 Å². The van der Waals surface area contributed by atoms with Crippen molar-refractivity contribution in [1.82, 2.24) is 5.32 Å². The number of nitrogens with one attached hydrogen (secondary N) is 1. The van der Waals surface area contributed by atoms with Crippen LogP contribution in [0.4, 0.5) is 0 Å². The Balaban J connectivity index is 1.51. The maximum Gasteiger partial charge on any atom is 0.335 e. The molecule has 7 heteroatoms. The molecule has 0 aliphatic carbocycles. The number of benzene rings is 2. The molecule has 4 rings (SSSR count). The lowest BCUT2D eigenvalue weighted by atomic mass is 9.73. The third-order valence-corrected chi connectivity index (χ3v) is 6.68. The lowest BCUT2D eigenvalue weighted by molar-refractivity contribution is -0.131. The molecule has 2 aromatic carbocycles. The van der Waals surface area contributed by atoms with Crippen molar-refractivity contribution in [2.24, 2.45) is 5.92 Å². The average molecular weight is 454 g/mol. The van der Waals surface area contributed by atoms with Gasteiger partial charge in [0, 0.05) is 25.7 Å². The van der Waals surface area contributed by atoms with Gasteiger partial charge in [0.1, 0.15) is 5.75 Å². The molecular formula is C26H31NO6. The van der Waals surface area contributed by atoms with Crippen LogP contribution >= 0.6 is 0 Å². The van der Waals surface area contributed by atoms with E-state index in [2.05, 4.69) is 5.32 Å². The van der Waals surface area contributed by atoms with Crippen molar-refractivity contribution < 1.29 is 28.9 Å². The average Bonchev–Trinajstić information content (AvgIpc) is 3.37. The summed E-state index contributed by atoms with van der Waals surface area (Å²) in [5.41, 5.74) is 1.30. The van der Waals surface area contributed by atoms with Gasteiger partial charge in [0.2, 0.25) is 5.91 Å². The fourth-order valence-electron chi connectivity index (χ4n) is 4.51. The molecule has 0 radical (unpaired) electrons. The van der Waals surface area contributed by atoms with Crippen molar-refractivity contribution in [2.45, 2.75) is 37.6 Å². The number of ether oxygens (including phenoxy) is 3. The van der Waals surface area contributed by atoms with Gasteiger partial charge in [0.15, 0.2) is 0 Å². The smallest absolute Gasteiger partial charge is 0.335 e. The van der Waals surface area contributed by atoms with E-state index in [-0.39, 0.29) is 17.5 Å². The summed E-state index contributed by atoms with van der Waals surface area (Å²) < 4.78 is 17.0. The van der Waals surface area contributed by atoms with Crippen LogP contribution in [0.1, 0.15) is 53.7 Å². The Morgan fingerprint density at radius 2 is 1.88 bits per heavy atom. The first-order valence-electron chi connectivity index (χ1n) is 11.5. The summed E-state index contributed by atoms with van der Waals surface area (Å²) >= 11 is 0. The highest BCUT2D eigenvalue weighted by Gasteiger charge is 2.42. The van der Waals surface area contributed by atoms with Gasteiger partial charge >= 0.3 is 5.97 Å². The zero-order valence-electron chi connectivity index (χ0n) is 18.9. The standard InChI is InChI=1S/C26H31NO6/c1-18(20-5-7-21(8-6-20)24(28)29)27-25(30)26(10-13-31-14-11-26)22-3-2-4-23(15-22)33-17-19-9-12-32-16-19/h2-8,15,18-19H,9-14,16-17H2,1H3,(H,27,30)(H,28,29)/t18?,19-/m0/s1. The zero-order valence-corrected chi connectivity index (χ0v) is 18.9. The Morgan fingerprint density at radius 1 is 1.12 bits per heavy atom. The summed E-state index contributed by atoms with van der Waals surface area (Å²) in [5, 5.41) is 12.3. The van der Waals surface area contributed by atoms with Crippen LogP contribution in [0.2, 0.25) is 0 Å². The summed E-state index contributed by atoms with van der Waals surface area (Å²) in [4.78, 5) is 24.8. The van der Waals surface area contributed by atoms with Gasteiger partial charge < -0.3 is 24.6 Å². The second-order valence-electron chi connectivity index (χ2n) is 8.89. The number of carbonyl (C=O) groups excluding carboxylic acids is 1. The van der Waals surface area contributed by atoms with Gasteiger partial charge in [-0.15, -0.1) is 0 Å². The van der Waals surface area contributed by atoms with Crippen LogP contribution < -0.4 is 10.1 Å². The summed E-state index contributed by atoms with van der Waals surface area (Å²) in [7, 11) is 0. The number of carboxylic acid groups (broad SMARTS) is 1. The molecule has 2 atom stereocenters. The molecule has 0 spiro atoms. The zero-order chi connectivity index (χ0) is 23.3. The van der Waals surface area contributed by atoms with Crippen LogP contribution in [0, 0.1) is 5.92 Å². The summed E-state index contributed by atoms with van der Waals surface area (Å²) in [6, 6.07) is 14.2. The second-order valence-corrected chi connectivity index (χ2v) is 8.89. The van der Waals surface area contributed by atoms with Gasteiger partial charge in [-0.3, -0.25) is 4.79 Å². The highest BCUT2D eigenvalue weighted by atomic mass is 16.5. The van der Waals surface area contributed by atoms with Crippen molar-refractivity contribution in [1.29, 1.82) is 0 Å². The molecule has 0 aromatic heterocycles. The van der Waals surface area contributed by atoms with Crippen molar-refractivity contribution in [3.8, 4) is 5.75 Å². The van der Waals surface area contributed by atoms with Crippen LogP contribution in [-0.2, 0) is 19.7 Å². The molecule has 33 heavy (non-hydrogen) atoms. The molecule has 2 N–H and O–H groups in total. The van der Waals surface area contributed by atoms with Crippen molar-refractivity contribution >= 4 is 11.9 Å². The monoisotopic (exact) mass is 453 g/mol. The number of rotatable bonds is 8. The van der Waals surface area contributed by atoms with E-state index in [1.54, 1.807) is 24.3 Å². The first-order chi connectivity index (χ1) is 16.0. The Bertz CT molecular complexity index is 961. The molecule has 7 nitrogen and oxygen atoms in total. The van der Waals surface area contributed by atoms with E-state index in [1.165, 1.54) is 0 Å². The van der Waals surface area contributed by atoms with E-state index in [4.69, 9.17) is 19.3 Å². The first-order valence-corrected chi connectivity index (χ1v) is 11.5. The van der Waals surface area contributed by atoms with Crippen LogP contribution in [0.5, 0.6) is 5.75 Å². The van der Waals surface area contributed by atoms with Gasteiger partial charge in [-0.2, -0.15) is 0 Å². The van der Waals surface area contributed by atoms with Gasteiger partial charge in [0.05, 0.1) is 30.2 Å². The van der Waals surface area contributed by atoms with E-state index in [1.807, 2.05) is 31.2 Å². The quantitative estimate of drug-likeness (QED) is 0.633. The van der Waals surface area contributed by atoms with Crippen molar-refractivity contribution in [3.05, 3.63) is 65.2 Å². The van der Waals surface area contributed by atoms with E-state index in [0.717, 1.165) is 36.5 Å². The third-order valence-electron chi connectivity index (χ3n) is 6.68. The van der Waals surface area contributed by atoms with Gasteiger partial charge in [0.25, 0.3) is 0 Å². The number of hydrogen-bond acceptors (Lipinski definition) is 5. The highest BCUT2D eigenvalue weighted by molar-refractivity contribution is 5.89. The molecule has 176 valence electrons. The number of carboxylic acids is 1. The van der Waals surface area contributed by atoms with Crippen LogP contribution in [0.3, 0.4) is 0 Å². The summed E-state index contributed by atoms with van der Waals surface area (Å²) in [6.45, 7) is 5.06. The minimum absolute atomic E-state index is 0.0537. The maximum atomic E-state index is 13.6. The summed E-state index contributed by atoms with van der Waals surface area (Å²) in [6.07, 6.45) is 2.18. The lowest BCUT2D eigenvalue weighted by Crippen LogP contribution is -2.48. The molecule has 1 unspecified atom stereocenters. The number of aromatic carboxylic acids is 1. The minimum atomic E-state index is -0.970. The molecular weight excluding hydrogens is 422 g/mol. The fraction of sp³-hybridized carbons (Fsp3) is 0.462. The number of carbonyl (C=O) groups is 2. The van der Waals surface area contributed by atoms with E-state index >= 15 is 0 Å². The lowest BCUT2D eigenvalue weighted by Gasteiger charge is -2.37. The van der Waals surface area contributed by atoms with E-state index in [9.17, 15) is 9.59 Å².